The summed E-state index contributed by atoms with van der Waals surface area (Å²) >= 11 is 0. The Hall–Kier alpha value is -0.693. The molecule has 0 spiro atoms. The first-order valence-electron chi connectivity index (χ1n) is 9.05. The molecule has 2 rings (SSSR count). The van der Waals surface area contributed by atoms with Crippen molar-refractivity contribution in [2.24, 2.45) is 0 Å². The van der Waals surface area contributed by atoms with Crippen molar-refractivity contribution in [1.82, 2.24) is 4.31 Å². The molecule has 24 heavy (non-hydrogen) atoms. The fourth-order valence-electron chi connectivity index (χ4n) is 4.23. The Morgan fingerprint density at radius 2 is 1.67 bits per heavy atom. The molecule has 1 fully saturated rings. The molecule has 1 saturated heterocycles. The summed E-state index contributed by atoms with van der Waals surface area (Å²) in [7, 11) is -5.04. The molecule has 2 atom stereocenters. The van der Waals surface area contributed by atoms with E-state index in [2.05, 4.69) is 20.8 Å². The molecule has 1 heterocycles. The second-order valence-electron chi connectivity index (χ2n) is 7.06. The largest absolute Gasteiger partial charge is 0.392 e. The summed E-state index contributed by atoms with van der Waals surface area (Å²) in [6.07, 6.45) is 0.249. The smallest absolute Gasteiger partial charge is 0.243 e. The molecule has 0 unspecified atom stereocenters. The van der Waals surface area contributed by atoms with E-state index in [9.17, 15) is 13.5 Å². The van der Waals surface area contributed by atoms with Crippen LogP contribution in [0.3, 0.4) is 0 Å². The van der Waals surface area contributed by atoms with Crippen LogP contribution in [0, 0.1) is 6.92 Å². The second-order valence-corrected chi connectivity index (χ2v) is 14.6. The highest BCUT2D eigenvalue weighted by Gasteiger charge is 2.44. The van der Waals surface area contributed by atoms with E-state index in [1.807, 2.05) is 19.1 Å². The van der Waals surface area contributed by atoms with Gasteiger partial charge in [0.15, 0.2) is 0 Å². The van der Waals surface area contributed by atoms with E-state index >= 15 is 0 Å². The number of sulfonamides is 1. The maximum absolute atomic E-state index is 12.8. The lowest BCUT2D eigenvalue weighted by Crippen LogP contribution is -2.53. The molecule has 0 saturated carbocycles. The Balaban J connectivity index is 2.19. The monoisotopic (exact) mass is 369 g/mol. The molecule has 1 N–H and O–H groups in total. The molecule has 6 heteroatoms. The van der Waals surface area contributed by atoms with E-state index in [0.717, 1.165) is 30.1 Å². The average molecular weight is 370 g/mol. The predicted octanol–water partition coefficient (Wildman–Crippen LogP) is 3.63. The van der Waals surface area contributed by atoms with Crippen molar-refractivity contribution < 1.29 is 13.5 Å². The zero-order valence-corrected chi connectivity index (χ0v) is 17.1. The van der Waals surface area contributed by atoms with Gasteiger partial charge < -0.3 is 5.11 Å². The van der Waals surface area contributed by atoms with Crippen molar-refractivity contribution in [2.45, 2.75) is 68.8 Å². The normalized spacial score (nSPS) is 23.4. The first-order valence-corrected chi connectivity index (χ1v) is 13.2. The van der Waals surface area contributed by atoms with Crippen molar-refractivity contribution in [3.8, 4) is 0 Å². The highest BCUT2D eigenvalue weighted by Crippen LogP contribution is 2.41. The summed E-state index contributed by atoms with van der Waals surface area (Å²) in [6.45, 7) is 9.41. The number of nitrogens with zero attached hydrogens (tertiary/aromatic N) is 1. The molecule has 136 valence electrons. The molecule has 0 aliphatic carbocycles. The van der Waals surface area contributed by atoms with Crippen molar-refractivity contribution in [1.29, 1.82) is 0 Å². The average Bonchev–Trinajstić information content (AvgIpc) is 2.58. The van der Waals surface area contributed by atoms with Crippen LogP contribution in [0.25, 0.3) is 0 Å². The molecule has 0 radical (unpaired) electrons. The molecule has 0 amide bonds. The Kier molecular flexibility index (Phi) is 6.28. The van der Waals surface area contributed by atoms with E-state index in [1.165, 1.54) is 4.31 Å². The highest BCUT2D eigenvalue weighted by atomic mass is 32.2. The van der Waals surface area contributed by atoms with Gasteiger partial charge in [0, 0.05) is 13.1 Å². The molecule has 1 aromatic carbocycles. The Morgan fingerprint density at radius 3 is 2.12 bits per heavy atom. The first kappa shape index (κ1) is 19.6. The minimum absolute atomic E-state index is 0.232. The summed E-state index contributed by atoms with van der Waals surface area (Å²) in [5.41, 5.74) is 1.35. The van der Waals surface area contributed by atoms with Gasteiger partial charge in [0.05, 0.1) is 19.1 Å². The van der Waals surface area contributed by atoms with Crippen LogP contribution in [0.2, 0.25) is 23.7 Å². The molecule has 1 aromatic rings. The van der Waals surface area contributed by atoms with E-state index in [-0.39, 0.29) is 6.54 Å². The van der Waals surface area contributed by atoms with Gasteiger partial charge in [-0.25, -0.2) is 8.42 Å². The number of rotatable bonds is 6. The summed E-state index contributed by atoms with van der Waals surface area (Å²) in [5.74, 6) is 0. The number of hydrogen-bond acceptors (Lipinski definition) is 3. The van der Waals surface area contributed by atoms with Gasteiger partial charge in [0.25, 0.3) is 0 Å². The molecule has 0 aromatic heterocycles. The zero-order chi connectivity index (χ0) is 18.0. The van der Waals surface area contributed by atoms with Crippen LogP contribution in [-0.2, 0) is 10.0 Å². The fourth-order valence-corrected chi connectivity index (χ4v) is 10.4. The summed E-state index contributed by atoms with van der Waals surface area (Å²) < 4.78 is 27.1. The number of benzene rings is 1. The van der Waals surface area contributed by atoms with Crippen molar-refractivity contribution >= 4 is 18.1 Å². The van der Waals surface area contributed by atoms with Crippen LogP contribution < -0.4 is 0 Å². The van der Waals surface area contributed by atoms with Crippen LogP contribution in [0.4, 0.5) is 0 Å². The lowest BCUT2D eigenvalue weighted by Gasteiger charge is -2.45. The lowest BCUT2D eigenvalue weighted by molar-refractivity contribution is 0.104. The number of hydrogen-bond donors (Lipinski definition) is 1. The quantitative estimate of drug-likeness (QED) is 0.779. The fraction of sp³-hybridized carbons (Fsp3) is 0.667. The van der Waals surface area contributed by atoms with Crippen molar-refractivity contribution in [3.63, 3.8) is 0 Å². The molecular formula is C18H31NO3SSi. The van der Waals surface area contributed by atoms with E-state index in [1.54, 1.807) is 12.1 Å². The maximum Gasteiger partial charge on any atom is 0.243 e. The van der Waals surface area contributed by atoms with E-state index in [0.29, 0.717) is 17.0 Å². The van der Waals surface area contributed by atoms with Crippen LogP contribution in [0.5, 0.6) is 0 Å². The van der Waals surface area contributed by atoms with Gasteiger partial charge in [-0.15, -0.1) is 0 Å². The third kappa shape index (κ3) is 3.61. The van der Waals surface area contributed by atoms with Gasteiger partial charge in [-0.05, 0) is 31.0 Å². The van der Waals surface area contributed by atoms with Crippen LogP contribution in [0.1, 0.15) is 32.8 Å². The minimum Gasteiger partial charge on any atom is -0.392 e. The molecule has 0 bridgehead atoms. The SMILES string of the molecule is CC[Si](CC)(CC)[C@H]1CCN(S(=O)(=O)c2ccc(C)cc2)C[C@@H]1O. The minimum atomic E-state index is -3.51. The molecule has 1 aliphatic heterocycles. The third-order valence-corrected chi connectivity index (χ3v) is 14.5. The number of β-amino-alcohol motifs (C(OH)–C–C–N with tert-alkyl or cyclic N) is 1. The topological polar surface area (TPSA) is 57.6 Å². The van der Waals surface area contributed by atoms with Gasteiger partial charge in [0.1, 0.15) is 0 Å². The molecule has 1 aliphatic rings. The molecule has 4 nitrogen and oxygen atoms in total. The van der Waals surface area contributed by atoms with Gasteiger partial charge in [0.2, 0.25) is 10.0 Å². The second kappa shape index (κ2) is 7.68. The number of aliphatic hydroxyl groups is 1. The van der Waals surface area contributed by atoms with Crippen LogP contribution >= 0.6 is 0 Å². The standard InChI is InChI=1S/C18H31NO3SSi/c1-5-24(6-2,7-3)18-12-13-19(14-17(18)20)23(21,22)16-10-8-15(4)9-11-16/h8-11,17-18,20H,5-7,12-14H2,1-4H3/t17-,18-/m0/s1. The van der Waals surface area contributed by atoms with Gasteiger partial charge in [-0.2, -0.15) is 4.31 Å². The van der Waals surface area contributed by atoms with Gasteiger partial charge >= 0.3 is 0 Å². The van der Waals surface area contributed by atoms with Crippen molar-refractivity contribution in [3.05, 3.63) is 29.8 Å². The van der Waals surface area contributed by atoms with E-state index < -0.39 is 24.2 Å². The maximum atomic E-state index is 12.8. The zero-order valence-electron chi connectivity index (χ0n) is 15.3. The van der Waals surface area contributed by atoms with Gasteiger partial charge in [-0.1, -0.05) is 56.6 Å². The number of piperidine rings is 1. The summed E-state index contributed by atoms with van der Waals surface area (Å²) in [6, 6.07) is 10.4. The summed E-state index contributed by atoms with van der Waals surface area (Å²) in [5, 5.41) is 10.8. The first-order chi connectivity index (χ1) is 11.3. The van der Waals surface area contributed by atoms with Crippen LogP contribution in [0.15, 0.2) is 29.2 Å². The number of aryl methyl sites for hydroxylation is 1. The lowest BCUT2D eigenvalue weighted by atomic mass is 10.1. The third-order valence-electron chi connectivity index (χ3n) is 6.10. The predicted molar refractivity (Wildman–Crippen MR) is 102 cm³/mol. The van der Waals surface area contributed by atoms with E-state index in [4.69, 9.17) is 0 Å². The number of aliphatic hydroxyl groups excluding tert-OH is 1. The Bertz CT molecular complexity index is 632. The highest BCUT2D eigenvalue weighted by molar-refractivity contribution is 7.89. The van der Waals surface area contributed by atoms with Gasteiger partial charge in [-0.3, -0.25) is 0 Å². The Labute approximate surface area is 148 Å². The Morgan fingerprint density at radius 1 is 1.12 bits per heavy atom. The summed E-state index contributed by atoms with van der Waals surface area (Å²) in [4.78, 5) is 0.323. The van der Waals surface area contributed by atoms with Crippen molar-refractivity contribution in [2.75, 3.05) is 13.1 Å². The molecular weight excluding hydrogens is 338 g/mol. The van der Waals surface area contributed by atoms with Crippen LogP contribution in [-0.4, -0.2) is 45.1 Å².